The predicted octanol–water partition coefficient (Wildman–Crippen LogP) is 3.22. The Hall–Kier alpha value is -2.37. The van der Waals surface area contributed by atoms with Crippen molar-refractivity contribution < 1.29 is 26.4 Å². The van der Waals surface area contributed by atoms with Crippen LogP contribution < -0.4 is 10.6 Å². The first kappa shape index (κ1) is 24.9. The largest absolute Gasteiger partial charge is 0.417 e. The summed E-state index contributed by atoms with van der Waals surface area (Å²) in [6.45, 7) is 3.47. The molecule has 0 unspecified atom stereocenters. The minimum atomic E-state index is -4.55. The molecule has 0 bridgehead atoms. The zero-order valence-electron chi connectivity index (χ0n) is 17.0. The van der Waals surface area contributed by atoms with E-state index in [2.05, 4.69) is 15.6 Å². The number of rotatable bonds is 8. The van der Waals surface area contributed by atoms with Gasteiger partial charge in [0.1, 0.15) is 5.82 Å². The Morgan fingerprint density at radius 2 is 1.84 bits per heavy atom. The Bertz CT molecular complexity index is 1060. The summed E-state index contributed by atoms with van der Waals surface area (Å²) in [6.07, 6.45) is -3.90. The number of amides is 1. The van der Waals surface area contributed by atoms with Crippen LogP contribution in [0.5, 0.6) is 0 Å². The number of anilines is 1. The SMILES string of the molecule is Cc1ccc(S(=O)(=O)N(C)CC(=O)NCCNc2ncc(C(F)(F)F)cc2Cl)cc1C. The highest BCUT2D eigenvalue weighted by molar-refractivity contribution is 7.89. The third kappa shape index (κ3) is 6.55. The molecule has 0 saturated heterocycles. The lowest BCUT2D eigenvalue weighted by molar-refractivity contribution is -0.137. The molecule has 1 heterocycles. The van der Waals surface area contributed by atoms with Crippen LogP contribution in [0, 0.1) is 13.8 Å². The van der Waals surface area contributed by atoms with E-state index in [1.54, 1.807) is 19.1 Å². The van der Waals surface area contributed by atoms with E-state index >= 15 is 0 Å². The van der Waals surface area contributed by atoms with Gasteiger partial charge in [-0.25, -0.2) is 13.4 Å². The Morgan fingerprint density at radius 3 is 2.42 bits per heavy atom. The monoisotopic (exact) mass is 478 g/mol. The second-order valence-electron chi connectivity index (χ2n) is 6.84. The van der Waals surface area contributed by atoms with Crippen molar-refractivity contribution in [1.82, 2.24) is 14.6 Å². The van der Waals surface area contributed by atoms with Crippen molar-refractivity contribution in [2.24, 2.45) is 0 Å². The fraction of sp³-hybridized carbons (Fsp3) is 0.368. The number of nitrogens with zero attached hydrogens (tertiary/aromatic N) is 2. The highest BCUT2D eigenvalue weighted by Crippen LogP contribution is 2.32. The van der Waals surface area contributed by atoms with Crippen LogP contribution in [-0.4, -0.2) is 50.3 Å². The van der Waals surface area contributed by atoms with Crippen molar-refractivity contribution in [1.29, 1.82) is 0 Å². The summed E-state index contributed by atoms with van der Waals surface area (Å²) in [5.41, 5.74) is 0.805. The smallest absolute Gasteiger partial charge is 0.367 e. The zero-order chi connectivity index (χ0) is 23.4. The van der Waals surface area contributed by atoms with E-state index in [9.17, 15) is 26.4 Å². The Balaban J connectivity index is 1.86. The molecule has 0 atom stereocenters. The normalized spacial score (nSPS) is 12.1. The molecule has 1 aromatic heterocycles. The molecule has 170 valence electrons. The molecule has 2 rings (SSSR count). The van der Waals surface area contributed by atoms with E-state index in [4.69, 9.17) is 11.6 Å². The second kappa shape index (κ2) is 9.84. The van der Waals surface area contributed by atoms with Crippen LogP contribution in [0.25, 0.3) is 0 Å². The molecule has 0 aliphatic carbocycles. The average molecular weight is 479 g/mol. The van der Waals surface area contributed by atoms with Gasteiger partial charge in [0.2, 0.25) is 15.9 Å². The number of aryl methyl sites for hydroxylation is 2. The minimum Gasteiger partial charge on any atom is -0.367 e. The molecule has 0 aliphatic heterocycles. The zero-order valence-corrected chi connectivity index (χ0v) is 18.6. The molecule has 12 heteroatoms. The third-order valence-electron chi connectivity index (χ3n) is 4.46. The lowest BCUT2D eigenvalue weighted by Gasteiger charge is -2.18. The number of carbonyl (C=O) groups excluding carboxylic acids is 1. The topological polar surface area (TPSA) is 91.4 Å². The van der Waals surface area contributed by atoms with Crippen LogP contribution in [-0.2, 0) is 21.0 Å². The molecule has 2 aromatic rings. The van der Waals surface area contributed by atoms with Gasteiger partial charge in [-0.1, -0.05) is 17.7 Å². The number of halogens is 4. The van der Waals surface area contributed by atoms with Gasteiger partial charge in [-0.05, 0) is 43.2 Å². The van der Waals surface area contributed by atoms with Crippen molar-refractivity contribution in [2.75, 3.05) is 32.0 Å². The first-order valence-electron chi connectivity index (χ1n) is 9.09. The van der Waals surface area contributed by atoms with E-state index in [0.29, 0.717) is 6.20 Å². The first-order valence-corrected chi connectivity index (χ1v) is 10.9. The number of pyridine rings is 1. The molecule has 0 radical (unpaired) electrons. The lowest BCUT2D eigenvalue weighted by atomic mass is 10.1. The van der Waals surface area contributed by atoms with Gasteiger partial charge in [0.05, 0.1) is 22.0 Å². The third-order valence-corrected chi connectivity index (χ3v) is 6.55. The number of nitrogens with one attached hydrogen (secondary N) is 2. The van der Waals surface area contributed by atoms with Gasteiger partial charge in [-0.15, -0.1) is 0 Å². The van der Waals surface area contributed by atoms with Gasteiger partial charge in [0, 0.05) is 26.3 Å². The van der Waals surface area contributed by atoms with Crippen LogP contribution in [0.4, 0.5) is 19.0 Å². The number of likely N-dealkylation sites (N-methyl/N-ethyl adjacent to an activating group) is 1. The predicted molar refractivity (Wildman–Crippen MR) is 111 cm³/mol. The number of alkyl halides is 3. The number of benzene rings is 1. The van der Waals surface area contributed by atoms with Crippen LogP contribution in [0.15, 0.2) is 35.4 Å². The second-order valence-corrected chi connectivity index (χ2v) is 9.29. The summed E-state index contributed by atoms with van der Waals surface area (Å²) < 4.78 is 64.0. The summed E-state index contributed by atoms with van der Waals surface area (Å²) in [7, 11) is -2.53. The molecule has 0 fully saturated rings. The van der Waals surface area contributed by atoms with Crippen LogP contribution in [0.3, 0.4) is 0 Å². The summed E-state index contributed by atoms with van der Waals surface area (Å²) in [6, 6.07) is 5.48. The molecule has 31 heavy (non-hydrogen) atoms. The van der Waals surface area contributed by atoms with Crippen LogP contribution >= 0.6 is 11.6 Å². The molecular formula is C19H22ClF3N4O3S. The fourth-order valence-corrected chi connectivity index (χ4v) is 3.95. The van der Waals surface area contributed by atoms with Gasteiger partial charge in [-0.2, -0.15) is 17.5 Å². The Labute approximate surface area is 183 Å². The number of aromatic nitrogens is 1. The fourth-order valence-electron chi connectivity index (χ4n) is 2.50. The number of hydrogen-bond donors (Lipinski definition) is 2. The van der Waals surface area contributed by atoms with Crippen molar-refractivity contribution in [3.8, 4) is 0 Å². The Kier molecular flexibility index (Phi) is 7.90. The molecule has 0 spiro atoms. The maximum absolute atomic E-state index is 12.6. The number of carbonyl (C=O) groups is 1. The van der Waals surface area contributed by atoms with E-state index in [1.807, 2.05) is 6.92 Å². The lowest BCUT2D eigenvalue weighted by Crippen LogP contribution is -2.39. The standard InChI is InChI=1S/C19H22ClF3N4O3S/c1-12-4-5-15(8-13(12)2)31(29,30)27(3)11-17(28)24-6-7-25-18-16(20)9-14(10-26-18)19(21,22)23/h4-5,8-10H,6-7,11H2,1-3H3,(H,24,28)(H,25,26). The average Bonchev–Trinajstić information content (AvgIpc) is 2.67. The molecule has 0 aliphatic rings. The maximum Gasteiger partial charge on any atom is 0.417 e. The van der Waals surface area contributed by atoms with E-state index in [-0.39, 0.29) is 28.8 Å². The van der Waals surface area contributed by atoms with Crippen molar-refractivity contribution in [2.45, 2.75) is 24.9 Å². The summed E-state index contributed by atoms with van der Waals surface area (Å²) in [5.74, 6) is -0.499. The van der Waals surface area contributed by atoms with Gasteiger partial charge in [0.25, 0.3) is 0 Å². The van der Waals surface area contributed by atoms with Gasteiger partial charge in [0.15, 0.2) is 0 Å². The molecule has 1 amide bonds. The number of hydrogen-bond acceptors (Lipinski definition) is 5. The summed E-state index contributed by atoms with van der Waals surface area (Å²) in [4.78, 5) is 15.8. The molecule has 1 aromatic carbocycles. The van der Waals surface area contributed by atoms with Crippen molar-refractivity contribution in [3.05, 3.63) is 52.2 Å². The minimum absolute atomic E-state index is 0.0401. The van der Waals surface area contributed by atoms with Gasteiger partial charge >= 0.3 is 6.18 Å². The summed E-state index contributed by atoms with van der Waals surface area (Å²) in [5, 5.41) is 5.03. The Morgan fingerprint density at radius 1 is 1.16 bits per heavy atom. The first-order chi connectivity index (χ1) is 14.3. The van der Waals surface area contributed by atoms with Crippen LogP contribution in [0.2, 0.25) is 5.02 Å². The maximum atomic E-state index is 12.6. The quantitative estimate of drug-likeness (QED) is 0.568. The van der Waals surface area contributed by atoms with Gasteiger partial charge in [-0.3, -0.25) is 4.79 Å². The van der Waals surface area contributed by atoms with E-state index in [1.165, 1.54) is 13.1 Å². The highest BCUT2D eigenvalue weighted by Gasteiger charge is 2.31. The van der Waals surface area contributed by atoms with Crippen molar-refractivity contribution in [3.63, 3.8) is 0 Å². The highest BCUT2D eigenvalue weighted by atomic mass is 35.5. The molecular weight excluding hydrogens is 457 g/mol. The number of sulfonamides is 1. The summed E-state index contributed by atoms with van der Waals surface area (Å²) >= 11 is 5.79. The molecule has 0 saturated carbocycles. The van der Waals surface area contributed by atoms with Gasteiger partial charge < -0.3 is 10.6 Å². The van der Waals surface area contributed by atoms with E-state index in [0.717, 1.165) is 21.5 Å². The van der Waals surface area contributed by atoms with Crippen molar-refractivity contribution >= 4 is 33.3 Å². The molecule has 7 nitrogen and oxygen atoms in total. The molecule has 2 N–H and O–H groups in total. The van der Waals surface area contributed by atoms with E-state index < -0.39 is 34.2 Å². The van der Waals surface area contributed by atoms with Crippen LogP contribution in [0.1, 0.15) is 16.7 Å².